The molecule has 176 valence electrons. The quantitative estimate of drug-likeness (QED) is 0.632. The van der Waals surface area contributed by atoms with E-state index in [-0.39, 0.29) is 37.8 Å². The van der Waals surface area contributed by atoms with Crippen LogP contribution in [0.3, 0.4) is 0 Å². The average molecular weight is 467 g/mol. The van der Waals surface area contributed by atoms with E-state index in [1.807, 2.05) is 0 Å². The topological polar surface area (TPSA) is 78.9 Å². The third kappa shape index (κ3) is 5.15. The number of ether oxygens (including phenoxy) is 1. The molecule has 4 rings (SSSR count). The second-order valence-corrected chi connectivity index (χ2v) is 7.75. The van der Waals surface area contributed by atoms with Gasteiger partial charge in [0.2, 0.25) is 5.91 Å². The van der Waals surface area contributed by atoms with Crippen molar-refractivity contribution in [3.8, 4) is 6.01 Å². The van der Waals surface area contributed by atoms with Gasteiger partial charge in [-0.25, -0.2) is 14.2 Å². The number of amides is 3. The minimum absolute atomic E-state index is 0.136. The first-order chi connectivity index (χ1) is 15.7. The monoisotopic (exact) mass is 467 g/mol. The zero-order valence-electron chi connectivity index (χ0n) is 17.5. The molecule has 3 heterocycles. The summed E-state index contributed by atoms with van der Waals surface area (Å²) in [4.78, 5) is 36.7. The number of hydrogen-bond acceptors (Lipinski definition) is 5. The van der Waals surface area contributed by atoms with Gasteiger partial charge in [-0.15, -0.1) is 0 Å². The molecular formula is C21H21F4N5O3. The highest BCUT2D eigenvalue weighted by molar-refractivity contribution is 5.96. The first kappa shape index (κ1) is 22.7. The Balaban J connectivity index is 1.35. The van der Waals surface area contributed by atoms with Crippen LogP contribution in [0.4, 0.5) is 28.0 Å². The third-order valence-electron chi connectivity index (χ3n) is 5.49. The van der Waals surface area contributed by atoms with Crippen molar-refractivity contribution in [1.29, 1.82) is 0 Å². The number of para-hydroxylation sites is 1. The van der Waals surface area contributed by atoms with Crippen molar-refractivity contribution in [3.05, 3.63) is 48.0 Å². The van der Waals surface area contributed by atoms with Crippen LogP contribution < -0.4 is 9.64 Å². The predicted octanol–water partition coefficient (Wildman–Crippen LogP) is 2.95. The molecule has 2 saturated heterocycles. The zero-order valence-corrected chi connectivity index (χ0v) is 17.5. The smallest absolute Gasteiger partial charge is 0.433 e. The first-order valence-corrected chi connectivity index (χ1v) is 10.4. The molecule has 2 aliphatic rings. The van der Waals surface area contributed by atoms with E-state index in [0.29, 0.717) is 19.4 Å². The molecule has 2 aromatic rings. The van der Waals surface area contributed by atoms with E-state index >= 15 is 0 Å². The van der Waals surface area contributed by atoms with Crippen molar-refractivity contribution in [3.63, 3.8) is 0 Å². The molecule has 0 saturated carbocycles. The van der Waals surface area contributed by atoms with E-state index in [2.05, 4.69) is 9.97 Å². The molecule has 1 atom stereocenters. The van der Waals surface area contributed by atoms with Crippen molar-refractivity contribution in [2.24, 2.45) is 0 Å². The van der Waals surface area contributed by atoms with E-state index in [9.17, 15) is 27.2 Å². The first-order valence-electron chi connectivity index (χ1n) is 10.4. The van der Waals surface area contributed by atoms with E-state index in [1.165, 1.54) is 32.9 Å². The van der Waals surface area contributed by atoms with Gasteiger partial charge in [0.05, 0.1) is 12.2 Å². The minimum Gasteiger partial charge on any atom is -0.458 e. The summed E-state index contributed by atoms with van der Waals surface area (Å²) in [5, 5.41) is 0. The van der Waals surface area contributed by atoms with Crippen molar-refractivity contribution in [1.82, 2.24) is 19.8 Å². The number of anilines is 1. The Morgan fingerprint density at radius 3 is 2.70 bits per heavy atom. The highest BCUT2D eigenvalue weighted by atomic mass is 19.4. The fourth-order valence-corrected chi connectivity index (χ4v) is 3.85. The van der Waals surface area contributed by atoms with Gasteiger partial charge in [0.1, 0.15) is 18.5 Å². The van der Waals surface area contributed by atoms with E-state index < -0.39 is 35.8 Å². The van der Waals surface area contributed by atoms with Gasteiger partial charge < -0.3 is 14.5 Å². The highest BCUT2D eigenvalue weighted by Crippen LogP contribution is 2.28. The summed E-state index contributed by atoms with van der Waals surface area (Å²) in [5.74, 6) is -0.844. The predicted molar refractivity (Wildman–Crippen MR) is 108 cm³/mol. The number of rotatable bonds is 5. The minimum atomic E-state index is -4.62. The largest absolute Gasteiger partial charge is 0.458 e. The van der Waals surface area contributed by atoms with Crippen LogP contribution in [0.2, 0.25) is 0 Å². The van der Waals surface area contributed by atoms with Crippen LogP contribution in [-0.4, -0.2) is 70.5 Å². The number of benzene rings is 1. The summed E-state index contributed by atoms with van der Waals surface area (Å²) < 4.78 is 58.1. The van der Waals surface area contributed by atoms with Crippen molar-refractivity contribution >= 4 is 17.6 Å². The number of aromatic nitrogens is 2. The molecular weight excluding hydrogens is 446 g/mol. The number of carbonyl (C=O) groups is 2. The standard InChI is InChI=1S/C21H21F4N5O3/c22-15-5-1-2-6-16(15)30-11-10-29(20(30)32)13-18(31)28-9-3-4-14(12-28)33-19-26-8-7-17(27-19)21(23,24)25/h1-2,5-8,14H,3-4,9-13H2. The second kappa shape index (κ2) is 9.20. The van der Waals surface area contributed by atoms with Crippen LogP contribution >= 0.6 is 0 Å². The lowest BCUT2D eigenvalue weighted by molar-refractivity contribution is -0.141. The molecule has 2 aliphatic heterocycles. The fraction of sp³-hybridized carbons (Fsp3) is 0.429. The lowest BCUT2D eigenvalue weighted by atomic mass is 10.1. The molecule has 33 heavy (non-hydrogen) atoms. The summed E-state index contributed by atoms with van der Waals surface area (Å²) in [6, 6.07) is 5.80. The lowest BCUT2D eigenvalue weighted by Crippen LogP contribution is -2.48. The van der Waals surface area contributed by atoms with Gasteiger partial charge in [0.25, 0.3) is 0 Å². The van der Waals surface area contributed by atoms with Crippen LogP contribution in [0.25, 0.3) is 0 Å². The summed E-state index contributed by atoms with van der Waals surface area (Å²) in [6.45, 7) is 0.908. The number of nitrogens with zero attached hydrogens (tertiary/aromatic N) is 5. The molecule has 3 amide bonds. The number of likely N-dealkylation sites (tertiary alicyclic amines) is 1. The maximum atomic E-state index is 14.0. The molecule has 0 radical (unpaired) electrons. The Bertz CT molecular complexity index is 1030. The van der Waals surface area contributed by atoms with Crippen molar-refractivity contribution in [2.45, 2.75) is 25.1 Å². The normalized spacial score (nSPS) is 19.2. The molecule has 1 unspecified atom stereocenters. The van der Waals surface area contributed by atoms with Crippen molar-refractivity contribution in [2.75, 3.05) is 37.6 Å². The molecule has 0 aliphatic carbocycles. The Morgan fingerprint density at radius 2 is 1.94 bits per heavy atom. The average Bonchev–Trinajstić information content (AvgIpc) is 3.14. The molecule has 8 nitrogen and oxygen atoms in total. The third-order valence-corrected chi connectivity index (χ3v) is 5.49. The Hall–Kier alpha value is -3.44. The molecule has 12 heteroatoms. The van der Waals surface area contributed by atoms with Crippen LogP contribution in [0, 0.1) is 5.82 Å². The number of hydrogen-bond donors (Lipinski definition) is 0. The van der Waals surface area contributed by atoms with Crippen molar-refractivity contribution < 1.29 is 31.9 Å². The SMILES string of the molecule is O=C(CN1CCN(c2ccccc2F)C1=O)N1CCCC(Oc2nccc(C(F)(F)F)n2)C1. The van der Waals surface area contributed by atoms with Gasteiger partial charge in [-0.2, -0.15) is 18.2 Å². The molecule has 0 N–H and O–H groups in total. The van der Waals surface area contributed by atoms with E-state index in [1.54, 1.807) is 6.07 Å². The molecule has 1 aromatic carbocycles. The summed E-state index contributed by atoms with van der Waals surface area (Å²) >= 11 is 0. The van der Waals surface area contributed by atoms with Crippen LogP contribution in [-0.2, 0) is 11.0 Å². The maximum absolute atomic E-state index is 14.0. The van der Waals surface area contributed by atoms with Gasteiger partial charge >= 0.3 is 18.2 Å². The summed E-state index contributed by atoms with van der Waals surface area (Å²) in [5.41, 5.74) is -0.951. The highest BCUT2D eigenvalue weighted by Gasteiger charge is 2.35. The number of carbonyl (C=O) groups excluding carboxylic acids is 2. The summed E-state index contributed by atoms with van der Waals surface area (Å²) in [7, 11) is 0. The van der Waals surface area contributed by atoms with Crippen LogP contribution in [0.15, 0.2) is 36.5 Å². The number of alkyl halides is 3. The van der Waals surface area contributed by atoms with Gasteiger partial charge in [-0.1, -0.05) is 12.1 Å². The number of urea groups is 1. The van der Waals surface area contributed by atoms with Crippen LogP contribution in [0.1, 0.15) is 18.5 Å². The van der Waals surface area contributed by atoms with E-state index in [4.69, 9.17) is 4.74 Å². The maximum Gasteiger partial charge on any atom is 0.433 e. The Kier molecular flexibility index (Phi) is 6.34. The summed E-state index contributed by atoms with van der Waals surface area (Å²) in [6.07, 6.45) is -3.13. The molecule has 0 spiro atoms. The molecule has 0 bridgehead atoms. The van der Waals surface area contributed by atoms with Gasteiger partial charge in [-0.3, -0.25) is 9.69 Å². The Labute approximate surface area is 186 Å². The van der Waals surface area contributed by atoms with Gasteiger partial charge in [0.15, 0.2) is 5.69 Å². The van der Waals surface area contributed by atoms with E-state index in [0.717, 1.165) is 12.3 Å². The number of halogens is 4. The lowest BCUT2D eigenvalue weighted by Gasteiger charge is -2.33. The second-order valence-electron chi connectivity index (χ2n) is 7.75. The van der Waals surface area contributed by atoms with Crippen LogP contribution in [0.5, 0.6) is 6.01 Å². The van der Waals surface area contributed by atoms with Gasteiger partial charge in [-0.05, 0) is 31.0 Å². The molecule has 2 fully saturated rings. The van der Waals surface area contributed by atoms with Gasteiger partial charge in [0, 0.05) is 25.8 Å². The zero-order chi connectivity index (χ0) is 23.6. The Morgan fingerprint density at radius 1 is 1.15 bits per heavy atom. The molecule has 1 aromatic heterocycles. The fourth-order valence-electron chi connectivity index (χ4n) is 3.85. The number of piperidine rings is 1.